The Balaban J connectivity index is 1.25. The van der Waals surface area contributed by atoms with Gasteiger partial charge in [0, 0.05) is 51.8 Å². The molecule has 0 aliphatic carbocycles. The summed E-state index contributed by atoms with van der Waals surface area (Å²) in [6.07, 6.45) is 3.09. The number of benzene rings is 3. The minimum Gasteiger partial charge on any atom is -0.385 e. The van der Waals surface area contributed by atoms with Crippen LogP contribution in [-0.4, -0.2) is 16.5 Å². The SMILES string of the molecule is Cc1cc(Nc2ccc(NCCc3c[nH]c4ccccc34)cc2)c2ccccc2n1. The number of rotatable bonds is 6. The van der Waals surface area contributed by atoms with Crippen LogP contribution in [0.3, 0.4) is 0 Å². The van der Waals surface area contributed by atoms with Gasteiger partial charge in [0.05, 0.1) is 5.52 Å². The summed E-state index contributed by atoms with van der Waals surface area (Å²) in [6, 6.07) is 27.2. The van der Waals surface area contributed by atoms with Crippen LogP contribution < -0.4 is 10.6 Å². The molecule has 0 atom stereocenters. The minimum atomic E-state index is 0.892. The first kappa shape index (κ1) is 18.3. The summed E-state index contributed by atoms with van der Waals surface area (Å²) in [4.78, 5) is 7.96. The van der Waals surface area contributed by atoms with Crippen LogP contribution in [0.15, 0.2) is 85.1 Å². The summed E-state index contributed by atoms with van der Waals surface area (Å²) in [6.45, 7) is 2.92. The first-order valence-electron chi connectivity index (χ1n) is 10.3. The Kier molecular flexibility index (Phi) is 4.81. The minimum absolute atomic E-state index is 0.892. The van der Waals surface area contributed by atoms with Crippen molar-refractivity contribution in [2.75, 3.05) is 17.2 Å². The molecule has 4 nitrogen and oxygen atoms in total. The molecule has 0 amide bonds. The number of hydrogen-bond donors (Lipinski definition) is 3. The van der Waals surface area contributed by atoms with Crippen molar-refractivity contribution < 1.29 is 0 Å². The van der Waals surface area contributed by atoms with E-state index < -0.39 is 0 Å². The Morgan fingerprint density at radius 2 is 1.57 bits per heavy atom. The molecule has 4 heteroatoms. The maximum Gasteiger partial charge on any atom is 0.0726 e. The molecule has 3 aromatic carbocycles. The maximum atomic E-state index is 4.61. The van der Waals surface area contributed by atoms with Gasteiger partial charge in [-0.05, 0) is 61.4 Å². The van der Waals surface area contributed by atoms with Crippen LogP contribution in [-0.2, 0) is 6.42 Å². The third-order valence-corrected chi connectivity index (χ3v) is 5.41. The molecule has 0 aliphatic rings. The summed E-state index contributed by atoms with van der Waals surface area (Å²) in [5.74, 6) is 0. The van der Waals surface area contributed by atoms with Crippen LogP contribution in [0.4, 0.5) is 17.1 Å². The van der Waals surface area contributed by atoms with Crippen molar-refractivity contribution in [3.63, 3.8) is 0 Å². The van der Waals surface area contributed by atoms with E-state index in [9.17, 15) is 0 Å². The topological polar surface area (TPSA) is 52.7 Å². The molecule has 0 fully saturated rings. The number of fused-ring (bicyclic) bond motifs is 2. The summed E-state index contributed by atoms with van der Waals surface area (Å²) >= 11 is 0. The van der Waals surface area contributed by atoms with Crippen molar-refractivity contribution in [1.29, 1.82) is 0 Å². The van der Waals surface area contributed by atoms with E-state index in [1.807, 2.05) is 25.1 Å². The average molecular weight is 393 g/mol. The molecule has 0 radical (unpaired) electrons. The van der Waals surface area contributed by atoms with Gasteiger partial charge in [-0.1, -0.05) is 36.4 Å². The number of aromatic amines is 1. The first-order valence-corrected chi connectivity index (χ1v) is 10.3. The number of H-pyrrole nitrogens is 1. The van der Waals surface area contributed by atoms with Gasteiger partial charge in [-0.3, -0.25) is 4.98 Å². The zero-order valence-corrected chi connectivity index (χ0v) is 16.9. The normalized spacial score (nSPS) is 11.1. The largest absolute Gasteiger partial charge is 0.385 e. The van der Waals surface area contributed by atoms with Gasteiger partial charge in [-0.25, -0.2) is 0 Å². The van der Waals surface area contributed by atoms with Crippen LogP contribution in [0, 0.1) is 6.92 Å². The quantitative estimate of drug-likeness (QED) is 0.312. The van der Waals surface area contributed by atoms with Crippen LogP contribution in [0.25, 0.3) is 21.8 Å². The second-order valence-corrected chi connectivity index (χ2v) is 7.57. The molecule has 0 saturated carbocycles. The smallest absolute Gasteiger partial charge is 0.0726 e. The van der Waals surface area contributed by atoms with Gasteiger partial charge in [0.25, 0.3) is 0 Å². The third kappa shape index (κ3) is 3.72. The van der Waals surface area contributed by atoms with Crippen molar-refractivity contribution in [3.8, 4) is 0 Å². The van der Waals surface area contributed by atoms with Gasteiger partial charge in [0.1, 0.15) is 0 Å². The van der Waals surface area contributed by atoms with Gasteiger partial charge < -0.3 is 15.6 Å². The zero-order chi connectivity index (χ0) is 20.3. The van der Waals surface area contributed by atoms with E-state index >= 15 is 0 Å². The number of anilines is 3. The average Bonchev–Trinajstić information content (AvgIpc) is 3.18. The fourth-order valence-corrected chi connectivity index (χ4v) is 3.92. The van der Waals surface area contributed by atoms with Gasteiger partial charge in [0.2, 0.25) is 0 Å². The van der Waals surface area contributed by atoms with Gasteiger partial charge in [0.15, 0.2) is 0 Å². The van der Waals surface area contributed by atoms with Crippen LogP contribution in [0.2, 0.25) is 0 Å². The van der Waals surface area contributed by atoms with E-state index in [0.29, 0.717) is 0 Å². The summed E-state index contributed by atoms with van der Waals surface area (Å²) in [5, 5.41) is 9.50. The standard InChI is InChI=1S/C26H24N4/c1-18-16-26(23-7-3-5-9-25(23)29-18)30-21-12-10-20(11-13-21)27-15-14-19-17-28-24-8-4-2-6-22(19)24/h2-13,16-17,27-28H,14-15H2,1H3,(H,29,30). The number of hydrogen-bond acceptors (Lipinski definition) is 3. The van der Waals surface area contributed by atoms with E-state index in [-0.39, 0.29) is 0 Å². The molecule has 30 heavy (non-hydrogen) atoms. The molecule has 2 aromatic heterocycles. The molecular weight excluding hydrogens is 368 g/mol. The van der Waals surface area contributed by atoms with Crippen LogP contribution in [0.1, 0.15) is 11.3 Å². The summed E-state index contributed by atoms with van der Waals surface area (Å²) < 4.78 is 0. The highest BCUT2D eigenvalue weighted by Crippen LogP contribution is 2.27. The number of nitrogens with one attached hydrogen (secondary N) is 3. The molecule has 0 aliphatic heterocycles. The fourth-order valence-electron chi connectivity index (χ4n) is 3.92. The Bertz CT molecular complexity index is 1300. The van der Waals surface area contributed by atoms with Crippen molar-refractivity contribution >= 4 is 38.9 Å². The Labute approximate surface area is 176 Å². The second kappa shape index (κ2) is 7.91. The summed E-state index contributed by atoms with van der Waals surface area (Å²) in [7, 11) is 0. The molecule has 5 aromatic rings. The van der Waals surface area contributed by atoms with Crippen molar-refractivity contribution in [1.82, 2.24) is 9.97 Å². The lowest BCUT2D eigenvalue weighted by Crippen LogP contribution is -2.04. The molecule has 0 unspecified atom stereocenters. The molecule has 5 rings (SSSR count). The monoisotopic (exact) mass is 392 g/mol. The summed E-state index contributed by atoms with van der Waals surface area (Å²) in [5.41, 5.74) is 7.82. The Hall–Kier alpha value is -3.79. The van der Waals surface area contributed by atoms with E-state index in [4.69, 9.17) is 0 Å². The van der Waals surface area contributed by atoms with E-state index in [1.165, 1.54) is 16.5 Å². The fraction of sp³-hybridized carbons (Fsp3) is 0.115. The lowest BCUT2D eigenvalue weighted by Gasteiger charge is -2.12. The molecule has 2 heterocycles. The maximum absolute atomic E-state index is 4.61. The van der Waals surface area contributed by atoms with E-state index in [0.717, 1.165) is 46.6 Å². The molecule has 0 bridgehead atoms. The highest BCUT2D eigenvalue weighted by atomic mass is 14.9. The number of aryl methyl sites for hydroxylation is 1. The van der Waals surface area contributed by atoms with Gasteiger partial charge >= 0.3 is 0 Å². The van der Waals surface area contributed by atoms with Crippen molar-refractivity contribution in [2.45, 2.75) is 13.3 Å². The molecular formula is C26H24N4. The van der Waals surface area contributed by atoms with Crippen LogP contribution in [0.5, 0.6) is 0 Å². The first-order chi connectivity index (χ1) is 14.8. The Morgan fingerprint density at radius 3 is 2.43 bits per heavy atom. The van der Waals surface area contributed by atoms with Crippen LogP contribution >= 0.6 is 0 Å². The number of pyridine rings is 1. The molecule has 148 valence electrons. The Morgan fingerprint density at radius 1 is 0.833 bits per heavy atom. The van der Waals surface area contributed by atoms with E-state index in [2.05, 4.69) is 87.5 Å². The van der Waals surface area contributed by atoms with Gasteiger partial charge in [-0.15, -0.1) is 0 Å². The highest BCUT2D eigenvalue weighted by Gasteiger charge is 2.05. The number of para-hydroxylation sites is 2. The van der Waals surface area contributed by atoms with E-state index in [1.54, 1.807) is 0 Å². The molecule has 0 saturated heterocycles. The lowest BCUT2D eigenvalue weighted by atomic mass is 10.1. The number of nitrogens with zero attached hydrogens (tertiary/aromatic N) is 1. The predicted octanol–water partition coefficient (Wildman–Crippen LogP) is 6.42. The number of aromatic nitrogens is 2. The second-order valence-electron chi connectivity index (χ2n) is 7.57. The third-order valence-electron chi connectivity index (χ3n) is 5.41. The van der Waals surface area contributed by atoms with Crippen molar-refractivity contribution in [3.05, 3.63) is 96.3 Å². The predicted molar refractivity (Wildman–Crippen MR) is 127 cm³/mol. The highest BCUT2D eigenvalue weighted by molar-refractivity contribution is 5.93. The molecule has 3 N–H and O–H groups in total. The van der Waals surface area contributed by atoms with Crippen molar-refractivity contribution in [2.24, 2.45) is 0 Å². The lowest BCUT2D eigenvalue weighted by molar-refractivity contribution is 1.03. The van der Waals surface area contributed by atoms with Gasteiger partial charge in [-0.2, -0.15) is 0 Å². The molecule has 0 spiro atoms. The zero-order valence-electron chi connectivity index (χ0n) is 16.9.